The monoisotopic (exact) mass is 426 g/mol. The average molecular weight is 427 g/mol. The van der Waals surface area contributed by atoms with Crippen LogP contribution < -0.4 is 14.8 Å². The topological polar surface area (TPSA) is 68.6 Å². The number of likely N-dealkylation sites (tertiary alicyclic amines) is 1. The molecule has 168 valence electrons. The van der Waals surface area contributed by atoms with Gasteiger partial charge in [-0.15, -0.1) is 0 Å². The molecule has 2 heterocycles. The molecule has 2 aliphatic rings. The van der Waals surface area contributed by atoms with Gasteiger partial charge in [-0.1, -0.05) is 6.07 Å². The maximum atomic E-state index is 13.1. The van der Waals surface area contributed by atoms with E-state index >= 15 is 0 Å². The molecular weight excluding hydrogens is 392 g/mol. The summed E-state index contributed by atoms with van der Waals surface area (Å²) < 4.78 is 12.7. The molecule has 1 saturated heterocycles. The van der Waals surface area contributed by atoms with Gasteiger partial charge < -0.3 is 19.7 Å². The zero-order valence-electron chi connectivity index (χ0n) is 18.9. The second-order valence-electron chi connectivity index (χ2n) is 8.58. The summed E-state index contributed by atoms with van der Waals surface area (Å²) in [6, 6.07) is 6.44. The zero-order chi connectivity index (χ0) is 21.8. The number of carbonyl (C=O) groups excluding carboxylic acids is 1. The van der Waals surface area contributed by atoms with Crippen LogP contribution in [0.25, 0.3) is 0 Å². The van der Waals surface area contributed by atoms with E-state index in [1.165, 1.54) is 17.7 Å². The second kappa shape index (κ2) is 9.73. The summed E-state index contributed by atoms with van der Waals surface area (Å²) in [7, 11) is 5.28. The van der Waals surface area contributed by atoms with Crippen molar-refractivity contribution in [2.45, 2.75) is 51.0 Å². The Kier molecular flexibility index (Phi) is 6.80. The molecule has 7 nitrogen and oxygen atoms in total. The molecule has 1 N–H and O–H groups in total. The van der Waals surface area contributed by atoms with Crippen LogP contribution in [0.4, 0.5) is 0 Å². The number of nitrogens with one attached hydrogen (secondary N) is 1. The van der Waals surface area contributed by atoms with Gasteiger partial charge in [0.2, 0.25) is 0 Å². The standard InChI is InChI=1S/C24H34N4O3/c1-27-20-9-8-18(25-12-11-17-7-10-21(30-2)22(15-17)31-3)16-19(20)23(26-27)24(29)28-13-5-4-6-14-28/h7,10,15,18,25H,4-6,8-9,11-14,16H2,1-3H3. The number of amides is 1. The van der Waals surface area contributed by atoms with E-state index in [1.807, 2.05) is 28.8 Å². The van der Waals surface area contributed by atoms with E-state index in [-0.39, 0.29) is 5.91 Å². The highest BCUT2D eigenvalue weighted by atomic mass is 16.5. The highest BCUT2D eigenvalue weighted by Crippen LogP contribution is 2.28. The molecule has 4 rings (SSSR count). The van der Waals surface area contributed by atoms with Crippen LogP contribution in [0.2, 0.25) is 0 Å². The van der Waals surface area contributed by atoms with Gasteiger partial charge in [-0.05, 0) is 69.2 Å². The van der Waals surface area contributed by atoms with Gasteiger partial charge in [0.15, 0.2) is 17.2 Å². The largest absolute Gasteiger partial charge is 0.493 e. The first-order valence-electron chi connectivity index (χ1n) is 11.4. The predicted octanol–water partition coefficient (Wildman–Crippen LogP) is 2.75. The Balaban J connectivity index is 1.38. The molecule has 2 aromatic rings. The number of aryl methyl sites for hydroxylation is 1. The molecule has 1 aromatic carbocycles. The van der Waals surface area contributed by atoms with Gasteiger partial charge >= 0.3 is 0 Å². The van der Waals surface area contributed by atoms with E-state index in [2.05, 4.69) is 16.5 Å². The molecule has 1 aliphatic carbocycles. The van der Waals surface area contributed by atoms with Crippen molar-refractivity contribution in [2.24, 2.45) is 7.05 Å². The molecule has 0 spiro atoms. The van der Waals surface area contributed by atoms with E-state index in [0.717, 1.165) is 75.2 Å². The number of rotatable bonds is 7. The smallest absolute Gasteiger partial charge is 0.274 e. The lowest BCUT2D eigenvalue weighted by Crippen LogP contribution is -2.38. The molecule has 0 radical (unpaired) electrons. The summed E-state index contributed by atoms with van der Waals surface area (Å²) in [5, 5.41) is 8.34. The Morgan fingerprint density at radius 2 is 1.94 bits per heavy atom. The molecule has 1 unspecified atom stereocenters. The van der Waals surface area contributed by atoms with Gasteiger partial charge in [-0.2, -0.15) is 5.10 Å². The van der Waals surface area contributed by atoms with Gasteiger partial charge in [0.25, 0.3) is 5.91 Å². The molecule has 7 heteroatoms. The Labute approximate surface area is 184 Å². The number of hydrogen-bond acceptors (Lipinski definition) is 5. The minimum absolute atomic E-state index is 0.113. The molecule has 1 amide bonds. The van der Waals surface area contributed by atoms with Gasteiger partial charge in [0.05, 0.1) is 14.2 Å². The van der Waals surface area contributed by atoms with Gasteiger partial charge in [-0.25, -0.2) is 0 Å². The molecule has 1 aromatic heterocycles. The number of hydrogen-bond donors (Lipinski definition) is 1. The lowest BCUT2D eigenvalue weighted by atomic mass is 9.90. The number of benzene rings is 1. The molecule has 31 heavy (non-hydrogen) atoms. The van der Waals surface area contributed by atoms with E-state index in [4.69, 9.17) is 9.47 Å². The number of fused-ring (bicyclic) bond motifs is 1. The third kappa shape index (κ3) is 4.71. The second-order valence-corrected chi connectivity index (χ2v) is 8.58. The minimum atomic E-state index is 0.113. The summed E-state index contributed by atoms with van der Waals surface area (Å²) in [5.41, 5.74) is 4.25. The van der Waals surface area contributed by atoms with Gasteiger partial charge in [-0.3, -0.25) is 9.48 Å². The third-order valence-electron chi connectivity index (χ3n) is 6.60. The highest BCUT2D eigenvalue weighted by Gasteiger charge is 2.30. The van der Waals surface area contributed by atoms with Crippen molar-refractivity contribution in [2.75, 3.05) is 33.9 Å². The summed E-state index contributed by atoms with van der Waals surface area (Å²) in [4.78, 5) is 15.1. The van der Waals surface area contributed by atoms with E-state index in [1.54, 1.807) is 14.2 Å². The van der Waals surface area contributed by atoms with Crippen LogP contribution in [0, 0.1) is 0 Å². The first-order valence-corrected chi connectivity index (χ1v) is 11.4. The predicted molar refractivity (Wildman–Crippen MR) is 120 cm³/mol. The van der Waals surface area contributed by atoms with Crippen molar-refractivity contribution in [3.63, 3.8) is 0 Å². The van der Waals surface area contributed by atoms with Crippen LogP contribution in [0.1, 0.15) is 53.0 Å². The van der Waals surface area contributed by atoms with Crippen LogP contribution in [0.15, 0.2) is 18.2 Å². The fraction of sp³-hybridized carbons (Fsp3) is 0.583. The maximum absolute atomic E-state index is 13.1. The summed E-state index contributed by atoms with van der Waals surface area (Å²) in [5.74, 6) is 1.63. The molecule has 1 atom stereocenters. The molecular formula is C24H34N4O3. The van der Waals surface area contributed by atoms with Crippen LogP contribution in [-0.4, -0.2) is 60.5 Å². The lowest BCUT2D eigenvalue weighted by Gasteiger charge is -2.27. The van der Waals surface area contributed by atoms with E-state index in [0.29, 0.717) is 11.7 Å². The van der Waals surface area contributed by atoms with Crippen molar-refractivity contribution in [1.29, 1.82) is 0 Å². The first kappa shape index (κ1) is 21.7. The number of ether oxygens (including phenoxy) is 2. The van der Waals surface area contributed by atoms with Crippen molar-refractivity contribution in [3.8, 4) is 11.5 Å². The minimum Gasteiger partial charge on any atom is -0.493 e. The van der Waals surface area contributed by atoms with Crippen LogP contribution in [0.5, 0.6) is 11.5 Å². The van der Waals surface area contributed by atoms with Gasteiger partial charge in [0, 0.05) is 37.4 Å². The molecule has 0 bridgehead atoms. The Morgan fingerprint density at radius 3 is 2.68 bits per heavy atom. The van der Waals surface area contributed by atoms with Crippen LogP contribution in [-0.2, 0) is 26.3 Å². The molecule has 0 saturated carbocycles. The van der Waals surface area contributed by atoms with E-state index < -0.39 is 0 Å². The van der Waals surface area contributed by atoms with Gasteiger partial charge in [0.1, 0.15) is 0 Å². The Morgan fingerprint density at radius 1 is 1.16 bits per heavy atom. The van der Waals surface area contributed by atoms with Crippen LogP contribution in [0.3, 0.4) is 0 Å². The fourth-order valence-electron chi connectivity index (χ4n) is 4.84. The quantitative estimate of drug-likeness (QED) is 0.737. The van der Waals surface area contributed by atoms with Crippen molar-refractivity contribution < 1.29 is 14.3 Å². The molecule has 1 fully saturated rings. The number of piperidine rings is 1. The number of aromatic nitrogens is 2. The van der Waals surface area contributed by atoms with Crippen molar-refractivity contribution in [1.82, 2.24) is 20.0 Å². The summed E-state index contributed by atoms with van der Waals surface area (Å²) in [6.45, 7) is 2.60. The lowest BCUT2D eigenvalue weighted by molar-refractivity contribution is 0.0716. The number of nitrogens with zero attached hydrogens (tertiary/aromatic N) is 3. The maximum Gasteiger partial charge on any atom is 0.274 e. The summed E-state index contributed by atoms with van der Waals surface area (Å²) >= 11 is 0. The van der Waals surface area contributed by atoms with Crippen LogP contribution >= 0.6 is 0 Å². The van der Waals surface area contributed by atoms with Crippen molar-refractivity contribution >= 4 is 5.91 Å². The molecule has 1 aliphatic heterocycles. The number of carbonyl (C=O) groups is 1. The first-order chi connectivity index (χ1) is 15.1. The van der Waals surface area contributed by atoms with Crippen molar-refractivity contribution in [3.05, 3.63) is 40.7 Å². The normalized spacial score (nSPS) is 18.5. The number of methoxy groups -OCH3 is 2. The fourth-order valence-corrected chi connectivity index (χ4v) is 4.84. The third-order valence-corrected chi connectivity index (χ3v) is 6.60. The highest BCUT2D eigenvalue weighted by molar-refractivity contribution is 5.94. The Bertz CT molecular complexity index is 918. The van der Waals surface area contributed by atoms with E-state index in [9.17, 15) is 4.79 Å². The summed E-state index contributed by atoms with van der Waals surface area (Å²) in [6.07, 6.45) is 7.22. The average Bonchev–Trinajstić information content (AvgIpc) is 3.14. The zero-order valence-corrected chi connectivity index (χ0v) is 18.9. The Hall–Kier alpha value is -2.54. The SMILES string of the molecule is COc1ccc(CCNC2CCc3c(c(C(=O)N4CCCCC4)nn3C)C2)cc1OC.